The number of benzene rings is 1. The van der Waals surface area contributed by atoms with Crippen LogP contribution in [0.1, 0.15) is 43.0 Å². The minimum atomic E-state index is -0.969. The normalized spacial score (nSPS) is 26.6. The summed E-state index contributed by atoms with van der Waals surface area (Å²) >= 11 is 5.76. The van der Waals surface area contributed by atoms with Gasteiger partial charge in [-0.05, 0) is 49.8 Å². The number of nitrogens with zero attached hydrogens (tertiary/aromatic N) is 1. The molecule has 1 aliphatic heterocycles. The van der Waals surface area contributed by atoms with Gasteiger partial charge in [-0.2, -0.15) is 5.01 Å². The van der Waals surface area contributed by atoms with Crippen LogP contribution < -0.4 is 10.7 Å². The molecule has 1 saturated carbocycles. The summed E-state index contributed by atoms with van der Waals surface area (Å²) in [6.07, 6.45) is 2.68. The van der Waals surface area contributed by atoms with E-state index in [0.29, 0.717) is 23.8 Å². The number of hydrogen-bond donors (Lipinski definition) is 2. The summed E-state index contributed by atoms with van der Waals surface area (Å²) in [5, 5.41) is 3.49. The highest BCUT2D eigenvalue weighted by molar-refractivity contribution is 6.31. The molecule has 1 aliphatic carbocycles. The summed E-state index contributed by atoms with van der Waals surface area (Å²) in [4.78, 5) is 36.9. The Hall–Kier alpha value is -2.15. The third-order valence-electron chi connectivity index (χ3n) is 4.68. The molecule has 0 bridgehead atoms. The van der Waals surface area contributed by atoms with Crippen LogP contribution in [0.15, 0.2) is 18.2 Å². The Morgan fingerprint density at radius 2 is 2.04 bits per heavy atom. The van der Waals surface area contributed by atoms with Crippen molar-refractivity contribution in [1.29, 1.82) is 0 Å². The first-order valence-electron chi connectivity index (χ1n) is 7.75. The van der Waals surface area contributed by atoms with E-state index < -0.39 is 29.2 Å². The third-order valence-corrected chi connectivity index (χ3v) is 4.91. The average Bonchev–Trinajstić information content (AvgIpc) is 2.77. The van der Waals surface area contributed by atoms with Gasteiger partial charge >= 0.3 is 6.03 Å². The Morgan fingerprint density at radius 1 is 1.38 bits per heavy atom. The van der Waals surface area contributed by atoms with Crippen LogP contribution in [0, 0.1) is 11.7 Å². The highest BCUT2D eigenvalue weighted by Crippen LogP contribution is 2.35. The molecule has 0 aromatic heterocycles. The standard InChI is InChI=1S/C16H17ClFN3O3/c1-9-4-6-16(7-5-9)14(23)21(15(24)19-16)20-13(22)11-8-10(17)2-3-12(11)18/h2-3,8-9H,4-7H2,1H3,(H,19,24)(H,20,22). The molecule has 1 aromatic rings. The van der Waals surface area contributed by atoms with Crippen molar-refractivity contribution in [1.82, 2.24) is 15.8 Å². The Bertz CT molecular complexity index is 717. The van der Waals surface area contributed by atoms with E-state index in [9.17, 15) is 18.8 Å². The summed E-state index contributed by atoms with van der Waals surface area (Å²) in [5.41, 5.74) is 0.879. The molecule has 0 atom stereocenters. The number of urea groups is 1. The highest BCUT2D eigenvalue weighted by atomic mass is 35.5. The number of nitrogens with one attached hydrogen (secondary N) is 2. The lowest BCUT2D eigenvalue weighted by molar-refractivity contribution is -0.134. The molecule has 0 radical (unpaired) electrons. The first-order valence-corrected chi connectivity index (χ1v) is 8.13. The van der Waals surface area contributed by atoms with Crippen molar-refractivity contribution in [3.8, 4) is 0 Å². The maximum absolute atomic E-state index is 13.8. The largest absolute Gasteiger partial charge is 0.344 e. The lowest BCUT2D eigenvalue weighted by Gasteiger charge is -2.33. The van der Waals surface area contributed by atoms with E-state index in [1.54, 1.807) is 0 Å². The molecule has 4 amide bonds. The SMILES string of the molecule is CC1CCC2(CC1)NC(=O)N(NC(=O)c1cc(Cl)ccc1F)C2=O. The first-order chi connectivity index (χ1) is 11.3. The van der Waals surface area contributed by atoms with Gasteiger partial charge in [-0.25, -0.2) is 9.18 Å². The topological polar surface area (TPSA) is 78.5 Å². The van der Waals surface area contributed by atoms with Gasteiger partial charge in [-0.1, -0.05) is 18.5 Å². The minimum absolute atomic E-state index is 0.177. The zero-order valence-electron chi connectivity index (χ0n) is 13.1. The molecule has 2 N–H and O–H groups in total. The zero-order chi connectivity index (χ0) is 17.5. The summed E-state index contributed by atoms with van der Waals surface area (Å²) in [7, 11) is 0. The minimum Gasteiger partial charge on any atom is -0.322 e. The molecule has 1 spiro atoms. The molecule has 2 fully saturated rings. The van der Waals surface area contributed by atoms with E-state index in [4.69, 9.17) is 11.6 Å². The lowest BCUT2D eigenvalue weighted by atomic mass is 9.77. The van der Waals surface area contributed by atoms with Crippen LogP contribution in [-0.2, 0) is 4.79 Å². The molecule has 1 aromatic carbocycles. The number of carbonyl (C=O) groups excluding carboxylic acids is 3. The molecule has 1 saturated heterocycles. The number of halogens is 2. The van der Waals surface area contributed by atoms with Crippen molar-refractivity contribution in [3.05, 3.63) is 34.6 Å². The van der Waals surface area contributed by atoms with E-state index in [1.165, 1.54) is 6.07 Å². The molecule has 0 unspecified atom stereocenters. The van der Waals surface area contributed by atoms with Crippen molar-refractivity contribution >= 4 is 29.4 Å². The molecular weight excluding hydrogens is 337 g/mol. The highest BCUT2D eigenvalue weighted by Gasteiger charge is 2.53. The number of hydrogen-bond acceptors (Lipinski definition) is 3. The van der Waals surface area contributed by atoms with Gasteiger partial charge in [0, 0.05) is 5.02 Å². The second-order valence-electron chi connectivity index (χ2n) is 6.40. The smallest absolute Gasteiger partial charge is 0.322 e. The van der Waals surface area contributed by atoms with Crippen LogP contribution in [0.2, 0.25) is 5.02 Å². The number of carbonyl (C=O) groups is 3. The van der Waals surface area contributed by atoms with Crippen molar-refractivity contribution in [2.75, 3.05) is 0 Å². The van der Waals surface area contributed by atoms with Crippen LogP contribution in [0.5, 0.6) is 0 Å². The molecule has 2 aliphatic rings. The van der Waals surface area contributed by atoms with E-state index in [0.717, 1.165) is 25.0 Å². The van der Waals surface area contributed by atoms with E-state index in [2.05, 4.69) is 17.7 Å². The lowest BCUT2D eigenvalue weighted by Crippen LogP contribution is -2.51. The molecule has 3 rings (SSSR count). The molecule has 24 heavy (non-hydrogen) atoms. The predicted molar refractivity (Wildman–Crippen MR) is 84.6 cm³/mol. The van der Waals surface area contributed by atoms with Crippen LogP contribution in [0.25, 0.3) is 0 Å². The van der Waals surface area contributed by atoms with Gasteiger partial charge in [0.2, 0.25) is 0 Å². The van der Waals surface area contributed by atoms with Gasteiger partial charge in [-0.15, -0.1) is 0 Å². The van der Waals surface area contributed by atoms with E-state index >= 15 is 0 Å². The van der Waals surface area contributed by atoms with Crippen LogP contribution in [0.4, 0.5) is 9.18 Å². The van der Waals surface area contributed by atoms with Crippen molar-refractivity contribution < 1.29 is 18.8 Å². The van der Waals surface area contributed by atoms with Crippen LogP contribution in [0.3, 0.4) is 0 Å². The number of amides is 4. The fourth-order valence-corrected chi connectivity index (χ4v) is 3.32. The maximum Gasteiger partial charge on any atom is 0.344 e. The summed E-state index contributed by atoms with van der Waals surface area (Å²) < 4.78 is 13.8. The third kappa shape index (κ3) is 2.84. The Morgan fingerprint density at radius 3 is 2.71 bits per heavy atom. The Labute approximate surface area is 143 Å². The fraction of sp³-hybridized carbons (Fsp3) is 0.438. The van der Waals surface area contributed by atoms with Crippen molar-refractivity contribution in [3.63, 3.8) is 0 Å². The van der Waals surface area contributed by atoms with Crippen LogP contribution in [-0.4, -0.2) is 28.4 Å². The van der Waals surface area contributed by atoms with Gasteiger partial charge < -0.3 is 5.32 Å². The molecule has 8 heteroatoms. The molecular formula is C16H17ClFN3O3. The molecule has 6 nitrogen and oxygen atoms in total. The fourth-order valence-electron chi connectivity index (χ4n) is 3.15. The van der Waals surface area contributed by atoms with Gasteiger partial charge in [0.05, 0.1) is 5.56 Å². The summed E-state index contributed by atoms with van der Waals surface area (Å²) in [5.74, 6) is -1.70. The summed E-state index contributed by atoms with van der Waals surface area (Å²) in [6.45, 7) is 2.09. The second-order valence-corrected chi connectivity index (χ2v) is 6.84. The predicted octanol–water partition coefficient (Wildman–Crippen LogP) is 2.62. The van der Waals surface area contributed by atoms with Gasteiger partial charge in [0.15, 0.2) is 0 Å². The van der Waals surface area contributed by atoms with Gasteiger partial charge in [0.1, 0.15) is 11.4 Å². The Balaban J connectivity index is 1.78. The molecule has 1 heterocycles. The maximum atomic E-state index is 13.8. The van der Waals surface area contributed by atoms with E-state index in [-0.39, 0.29) is 10.6 Å². The van der Waals surface area contributed by atoms with Crippen molar-refractivity contribution in [2.45, 2.75) is 38.1 Å². The Kier molecular flexibility index (Phi) is 4.21. The monoisotopic (exact) mass is 353 g/mol. The zero-order valence-corrected chi connectivity index (χ0v) is 13.8. The number of hydrazine groups is 1. The quantitative estimate of drug-likeness (QED) is 0.802. The van der Waals surface area contributed by atoms with Gasteiger partial charge in [-0.3, -0.25) is 15.0 Å². The molecule has 128 valence electrons. The summed E-state index contributed by atoms with van der Waals surface area (Å²) in [6, 6.07) is 2.79. The van der Waals surface area contributed by atoms with Crippen molar-refractivity contribution in [2.24, 2.45) is 5.92 Å². The van der Waals surface area contributed by atoms with Gasteiger partial charge in [0.25, 0.3) is 11.8 Å². The number of imide groups is 1. The second kappa shape index (κ2) is 6.05. The van der Waals surface area contributed by atoms with Crippen LogP contribution >= 0.6 is 11.6 Å². The van der Waals surface area contributed by atoms with E-state index in [1.807, 2.05) is 0 Å². The average molecular weight is 354 g/mol. The first kappa shape index (κ1) is 16.7. The number of rotatable bonds is 2.